The van der Waals surface area contributed by atoms with Crippen molar-refractivity contribution in [3.05, 3.63) is 54.3 Å². The molecule has 2 rings (SSSR count). The minimum atomic E-state index is -3.58. The zero-order valence-electron chi connectivity index (χ0n) is 15.5. The number of ether oxygens (including phenoxy) is 1. The molecule has 2 aromatic rings. The van der Waals surface area contributed by atoms with Gasteiger partial charge in [0.15, 0.2) is 6.61 Å². The zero-order valence-corrected chi connectivity index (χ0v) is 16.3. The first-order valence-corrected chi connectivity index (χ1v) is 9.98. The van der Waals surface area contributed by atoms with E-state index in [2.05, 4.69) is 4.72 Å². The number of likely N-dealkylation sites (N-methyl/N-ethyl adjacent to an activating group) is 1. The van der Waals surface area contributed by atoms with Gasteiger partial charge < -0.3 is 9.64 Å². The van der Waals surface area contributed by atoms with Gasteiger partial charge in [-0.3, -0.25) is 4.79 Å². The smallest absolute Gasteiger partial charge is 0.264 e. The van der Waals surface area contributed by atoms with Crippen molar-refractivity contribution in [3.63, 3.8) is 0 Å². The molecule has 0 heterocycles. The van der Waals surface area contributed by atoms with Gasteiger partial charge in [0.05, 0.1) is 4.90 Å². The number of nitrogens with zero attached hydrogens (tertiary/aromatic N) is 1. The molecule has 0 bridgehead atoms. The first-order valence-electron chi connectivity index (χ1n) is 8.50. The number of halogens is 1. The molecule has 0 aliphatic rings. The summed E-state index contributed by atoms with van der Waals surface area (Å²) < 4.78 is 45.4. The molecule has 1 atom stereocenters. The minimum Gasteiger partial charge on any atom is -0.484 e. The number of amides is 1. The summed E-state index contributed by atoms with van der Waals surface area (Å²) >= 11 is 0. The van der Waals surface area contributed by atoms with Gasteiger partial charge in [0, 0.05) is 18.8 Å². The second kappa shape index (κ2) is 8.96. The van der Waals surface area contributed by atoms with E-state index in [0.29, 0.717) is 17.9 Å². The third-order valence-electron chi connectivity index (χ3n) is 4.05. The van der Waals surface area contributed by atoms with E-state index in [0.717, 1.165) is 0 Å². The van der Waals surface area contributed by atoms with Crippen LogP contribution >= 0.6 is 0 Å². The van der Waals surface area contributed by atoms with Gasteiger partial charge in [-0.25, -0.2) is 17.5 Å². The van der Waals surface area contributed by atoms with E-state index in [-0.39, 0.29) is 29.3 Å². The number of nitrogens with one attached hydrogen (secondary N) is 1. The molecule has 8 heteroatoms. The Kier molecular flexibility index (Phi) is 6.92. The van der Waals surface area contributed by atoms with Gasteiger partial charge in [-0.1, -0.05) is 6.92 Å². The Morgan fingerprint density at radius 2 is 1.74 bits per heavy atom. The molecule has 0 spiro atoms. The van der Waals surface area contributed by atoms with Crippen molar-refractivity contribution >= 4 is 21.6 Å². The molecule has 0 saturated heterocycles. The first-order chi connectivity index (χ1) is 12.7. The van der Waals surface area contributed by atoms with Crippen LogP contribution in [0.3, 0.4) is 0 Å². The molecular weight excluding hydrogens is 371 g/mol. The molecule has 0 saturated carbocycles. The maximum atomic E-state index is 13.0. The van der Waals surface area contributed by atoms with Gasteiger partial charge >= 0.3 is 0 Å². The summed E-state index contributed by atoms with van der Waals surface area (Å²) in [6.45, 7) is 3.45. The SMILES string of the molecule is CC[C@@H](C)NS(=O)(=O)c1ccc(OCC(=O)N(C)c2ccc(F)cc2)cc1. The molecule has 0 unspecified atom stereocenters. The molecule has 2 aromatic carbocycles. The van der Waals surface area contributed by atoms with Crippen molar-refractivity contribution in [2.75, 3.05) is 18.6 Å². The summed E-state index contributed by atoms with van der Waals surface area (Å²) in [5, 5.41) is 0. The number of rotatable bonds is 8. The van der Waals surface area contributed by atoms with Crippen LogP contribution in [0, 0.1) is 5.82 Å². The molecule has 0 aromatic heterocycles. The number of anilines is 1. The highest BCUT2D eigenvalue weighted by Gasteiger charge is 2.17. The lowest BCUT2D eigenvalue weighted by Gasteiger charge is -2.17. The number of hydrogen-bond donors (Lipinski definition) is 1. The molecule has 0 radical (unpaired) electrons. The highest BCUT2D eigenvalue weighted by molar-refractivity contribution is 7.89. The van der Waals surface area contributed by atoms with E-state index in [9.17, 15) is 17.6 Å². The Balaban J connectivity index is 1.96. The Morgan fingerprint density at radius 1 is 1.15 bits per heavy atom. The predicted octanol–water partition coefficient (Wildman–Crippen LogP) is 2.94. The van der Waals surface area contributed by atoms with Crippen molar-refractivity contribution in [2.45, 2.75) is 31.2 Å². The van der Waals surface area contributed by atoms with Crippen molar-refractivity contribution in [3.8, 4) is 5.75 Å². The number of carbonyl (C=O) groups is 1. The quantitative estimate of drug-likeness (QED) is 0.747. The molecule has 1 amide bonds. The molecule has 0 fully saturated rings. The van der Waals surface area contributed by atoms with Crippen LogP contribution in [0.1, 0.15) is 20.3 Å². The lowest BCUT2D eigenvalue weighted by atomic mass is 10.3. The minimum absolute atomic E-state index is 0.130. The lowest BCUT2D eigenvalue weighted by Crippen LogP contribution is -2.32. The molecule has 1 N–H and O–H groups in total. The largest absolute Gasteiger partial charge is 0.484 e. The highest BCUT2D eigenvalue weighted by Crippen LogP contribution is 2.17. The van der Waals surface area contributed by atoms with Gasteiger partial charge in [-0.15, -0.1) is 0 Å². The van der Waals surface area contributed by atoms with Crippen LogP contribution in [-0.4, -0.2) is 34.0 Å². The second-order valence-electron chi connectivity index (χ2n) is 6.12. The van der Waals surface area contributed by atoms with E-state index in [1.54, 1.807) is 14.0 Å². The molecule has 0 aliphatic carbocycles. The van der Waals surface area contributed by atoms with Crippen LogP contribution in [0.5, 0.6) is 5.75 Å². The van der Waals surface area contributed by atoms with E-state index < -0.39 is 10.0 Å². The maximum Gasteiger partial charge on any atom is 0.264 e. The fraction of sp³-hybridized carbons (Fsp3) is 0.316. The summed E-state index contributed by atoms with van der Waals surface area (Å²) in [6.07, 6.45) is 0.685. The lowest BCUT2D eigenvalue weighted by molar-refractivity contribution is -0.120. The Labute approximate surface area is 159 Å². The fourth-order valence-electron chi connectivity index (χ4n) is 2.18. The van der Waals surface area contributed by atoms with Crippen LogP contribution in [-0.2, 0) is 14.8 Å². The number of carbonyl (C=O) groups excluding carboxylic acids is 1. The molecular formula is C19H23FN2O4S. The summed E-state index contributed by atoms with van der Waals surface area (Å²) in [5.74, 6) is -0.330. The predicted molar refractivity (Wildman–Crippen MR) is 102 cm³/mol. The van der Waals surface area contributed by atoms with Gasteiger partial charge in [0.2, 0.25) is 10.0 Å². The first kappa shape index (κ1) is 20.9. The highest BCUT2D eigenvalue weighted by atomic mass is 32.2. The van der Waals surface area contributed by atoms with Crippen LogP contribution < -0.4 is 14.4 Å². The summed E-state index contributed by atoms with van der Waals surface area (Å²) in [6, 6.07) is 11.2. The number of hydrogen-bond acceptors (Lipinski definition) is 4. The molecule has 0 aliphatic heterocycles. The van der Waals surface area contributed by atoms with E-state index in [4.69, 9.17) is 4.74 Å². The zero-order chi connectivity index (χ0) is 20.0. The van der Waals surface area contributed by atoms with Gasteiger partial charge in [0.25, 0.3) is 5.91 Å². The van der Waals surface area contributed by atoms with Crippen molar-refractivity contribution in [2.24, 2.45) is 0 Å². The molecule has 27 heavy (non-hydrogen) atoms. The number of benzene rings is 2. The van der Waals surface area contributed by atoms with Crippen LogP contribution in [0.15, 0.2) is 53.4 Å². The summed E-state index contributed by atoms with van der Waals surface area (Å²) in [4.78, 5) is 13.7. The van der Waals surface area contributed by atoms with Gasteiger partial charge in [-0.2, -0.15) is 0 Å². The topological polar surface area (TPSA) is 75.7 Å². The Bertz CT molecular complexity index is 868. The third kappa shape index (κ3) is 5.77. The molecule has 6 nitrogen and oxygen atoms in total. The Morgan fingerprint density at radius 3 is 2.30 bits per heavy atom. The van der Waals surface area contributed by atoms with Crippen molar-refractivity contribution in [1.29, 1.82) is 0 Å². The maximum absolute atomic E-state index is 13.0. The van der Waals surface area contributed by atoms with Crippen LogP contribution in [0.25, 0.3) is 0 Å². The molecule has 146 valence electrons. The van der Waals surface area contributed by atoms with E-state index in [1.165, 1.54) is 53.4 Å². The number of sulfonamides is 1. The standard InChI is InChI=1S/C19H23FN2O4S/c1-4-14(2)21-27(24,25)18-11-9-17(10-12-18)26-13-19(23)22(3)16-7-5-15(20)6-8-16/h5-12,14,21H,4,13H2,1-3H3/t14-/m1/s1. The fourth-order valence-corrected chi connectivity index (χ4v) is 3.51. The Hall–Kier alpha value is -2.45. The van der Waals surface area contributed by atoms with Crippen LogP contribution in [0.4, 0.5) is 10.1 Å². The van der Waals surface area contributed by atoms with Gasteiger partial charge in [0.1, 0.15) is 11.6 Å². The average molecular weight is 394 g/mol. The normalized spacial score (nSPS) is 12.4. The third-order valence-corrected chi connectivity index (χ3v) is 5.66. The van der Waals surface area contributed by atoms with E-state index in [1.807, 2.05) is 6.92 Å². The van der Waals surface area contributed by atoms with Crippen molar-refractivity contribution in [1.82, 2.24) is 4.72 Å². The summed E-state index contributed by atoms with van der Waals surface area (Å²) in [7, 11) is -2.02. The summed E-state index contributed by atoms with van der Waals surface area (Å²) in [5.41, 5.74) is 0.544. The second-order valence-corrected chi connectivity index (χ2v) is 7.83. The van der Waals surface area contributed by atoms with Gasteiger partial charge in [-0.05, 0) is 61.9 Å². The monoisotopic (exact) mass is 394 g/mol. The van der Waals surface area contributed by atoms with E-state index >= 15 is 0 Å². The van der Waals surface area contributed by atoms with Crippen molar-refractivity contribution < 1.29 is 22.3 Å². The van der Waals surface area contributed by atoms with Crippen LogP contribution in [0.2, 0.25) is 0 Å². The average Bonchev–Trinajstić information content (AvgIpc) is 2.66.